The van der Waals surface area contributed by atoms with Crippen molar-refractivity contribution < 1.29 is 12.8 Å². The summed E-state index contributed by atoms with van der Waals surface area (Å²) in [6, 6.07) is 15.8. The molecule has 1 atom stereocenters. The van der Waals surface area contributed by atoms with Crippen LogP contribution < -0.4 is 0 Å². The van der Waals surface area contributed by atoms with Gasteiger partial charge in [-0.15, -0.1) is 0 Å². The van der Waals surface area contributed by atoms with Gasteiger partial charge in [0.15, 0.2) is 9.84 Å². The number of halogens is 1. The van der Waals surface area contributed by atoms with Crippen LogP contribution in [0.5, 0.6) is 0 Å². The first kappa shape index (κ1) is 21.3. The van der Waals surface area contributed by atoms with Gasteiger partial charge < -0.3 is 0 Å². The molecule has 1 saturated heterocycles. The Morgan fingerprint density at radius 1 is 1.16 bits per heavy atom. The molecule has 1 fully saturated rings. The van der Waals surface area contributed by atoms with E-state index in [0.717, 1.165) is 49.0 Å². The number of fused-ring (bicyclic) bond motifs is 1. The largest absolute Gasteiger partial charge is 0.295 e. The van der Waals surface area contributed by atoms with Crippen LogP contribution in [-0.4, -0.2) is 42.4 Å². The van der Waals surface area contributed by atoms with Gasteiger partial charge in [0.2, 0.25) is 0 Å². The van der Waals surface area contributed by atoms with Crippen LogP contribution in [0.3, 0.4) is 0 Å². The van der Waals surface area contributed by atoms with E-state index < -0.39 is 9.84 Å². The number of benzene rings is 2. The molecule has 166 valence electrons. The molecule has 0 unspecified atom stereocenters. The van der Waals surface area contributed by atoms with Crippen molar-refractivity contribution in [1.29, 1.82) is 0 Å². The van der Waals surface area contributed by atoms with E-state index in [-0.39, 0.29) is 17.6 Å². The zero-order valence-corrected chi connectivity index (χ0v) is 19.0. The van der Waals surface area contributed by atoms with Crippen molar-refractivity contribution in [2.45, 2.75) is 38.8 Å². The first-order valence-electron chi connectivity index (χ1n) is 11.1. The molecule has 2 aliphatic heterocycles. The summed E-state index contributed by atoms with van der Waals surface area (Å²) in [5.74, 6) is 0.296. The summed E-state index contributed by atoms with van der Waals surface area (Å²) in [4.78, 5) is 6.60. The third kappa shape index (κ3) is 4.21. The van der Waals surface area contributed by atoms with E-state index in [4.69, 9.17) is 0 Å². The third-order valence-electron chi connectivity index (χ3n) is 6.83. The highest BCUT2D eigenvalue weighted by molar-refractivity contribution is 7.91. The monoisotopic (exact) mass is 450 g/mol. The smallest absolute Gasteiger partial charge is 0.151 e. The fraction of sp³-hybridized carbons (Fsp3) is 0.346. The Morgan fingerprint density at radius 3 is 2.81 bits per heavy atom. The summed E-state index contributed by atoms with van der Waals surface area (Å²) in [6.07, 6.45) is 4.07. The molecule has 3 heterocycles. The van der Waals surface area contributed by atoms with Gasteiger partial charge in [0, 0.05) is 30.9 Å². The van der Waals surface area contributed by atoms with Crippen LogP contribution in [0.1, 0.15) is 34.2 Å². The quantitative estimate of drug-likeness (QED) is 0.594. The molecule has 0 amide bonds. The lowest BCUT2D eigenvalue weighted by molar-refractivity contribution is 0.194. The minimum Gasteiger partial charge on any atom is -0.295 e. The molecule has 4 nitrogen and oxygen atoms in total. The summed E-state index contributed by atoms with van der Waals surface area (Å²) >= 11 is 0. The molecule has 32 heavy (non-hydrogen) atoms. The van der Waals surface area contributed by atoms with Crippen molar-refractivity contribution in [2.24, 2.45) is 0 Å². The molecular formula is C26H27FN2O2S. The summed E-state index contributed by atoms with van der Waals surface area (Å²) in [5, 5.41) is 0. The Kier molecular flexibility index (Phi) is 5.59. The molecular weight excluding hydrogens is 423 g/mol. The van der Waals surface area contributed by atoms with Gasteiger partial charge in [0.05, 0.1) is 11.5 Å². The minimum absolute atomic E-state index is 0.143. The molecule has 2 aromatic carbocycles. The predicted molar refractivity (Wildman–Crippen MR) is 125 cm³/mol. The van der Waals surface area contributed by atoms with Crippen molar-refractivity contribution in [1.82, 2.24) is 9.88 Å². The van der Waals surface area contributed by atoms with Gasteiger partial charge in [0.25, 0.3) is 0 Å². The van der Waals surface area contributed by atoms with E-state index in [2.05, 4.69) is 40.2 Å². The van der Waals surface area contributed by atoms with Gasteiger partial charge >= 0.3 is 0 Å². The second-order valence-corrected chi connectivity index (χ2v) is 11.2. The molecule has 3 aromatic rings. The molecule has 0 bridgehead atoms. The SMILES string of the molecule is Cc1ccc(Cc2cccc3c2CCN([C@H]2CCS(=O)(=O)C2)C3)cc1-c1ncccc1F. The molecule has 0 radical (unpaired) electrons. The molecule has 0 aliphatic carbocycles. The zero-order valence-electron chi connectivity index (χ0n) is 18.2. The number of aryl methyl sites for hydroxylation is 1. The van der Waals surface area contributed by atoms with E-state index in [0.29, 0.717) is 11.4 Å². The van der Waals surface area contributed by atoms with Gasteiger partial charge in [-0.25, -0.2) is 12.8 Å². The van der Waals surface area contributed by atoms with Crippen LogP contribution in [-0.2, 0) is 29.2 Å². The highest BCUT2D eigenvalue weighted by Gasteiger charge is 2.33. The molecule has 6 heteroatoms. The molecule has 2 aliphatic rings. The average molecular weight is 451 g/mol. The zero-order chi connectivity index (χ0) is 22.3. The van der Waals surface area contributed by atoms with Gasteiger partial charge in [-0.1, -0.05) is 30.3 Å². The fourth-order valence-corrected chi connectivity index (χ4v) is 6.85. The van der Waals surface area contributed by atoms with E-state index in [1.54, 1.807) is 12.3 Å². The topological polar surface area (TPSA) is 50.3 Å². The molecule has 0 saturated carbocycles. The maximum atomic E-state index is 14.3. The lowest BCUT2D eigenvalue weighted by atomic mass is 9.89. The summed E-state index contributed by atoms with van der Waals surface area (Å²) in [7, 11) is -2.88. The molecule has 5 rings (SSSR count). The van der Waals surface area contributed by atoms with Crippen LogP contribution in [0.25, 0.3) is 11.3 Å². The average Bonchev–Trinajstić information content (AvgIpc) is 3.15. The van der Waals surface area contributed by atoms with Crippen molar-refractivity contribution in [3.8, 4) is 11.3 Å². The number of aromatic nitrogens is 1. The molecule has 0 N–H and O–H groups in total. The molecule has 1 aromatic heterocycles. The van der Waals surface area contributed by atoms with E-state index in [9.17, 15) is 12.8 Å². The highest BCUT2D eigenvalue weighted by atomic mass is 32.2. The fourth-order valence-electron chi connectivity index (χ4n) is 5.09. The predicted octanol–water partition coefficient (Wildman–Crippen LogP) is 4.33. The standard InChI is InChI=1S/C26H27FN2O2S/c1-18-7-8-19(15-24(18)26-25(27)6-3-11-28-26)14-20-4-2-5-21-16-29(12-9-23(20)21)22-10-13-32(30,31)17-22/h2-8,11,15,22H,9-10,12-14,16-17H2,1H3/t22-/m0/s1. The number of rotatable bonds is 4. The first-order chi connectivity index (χ1) is 15.4. The second kappa shape index (κ2) is 8.41. The number of pyridine rings is 1. The maximum Gasteiger partial charge on any atom is 0.151 e. The Morgan fingerprint density at radius 2 is 2.03 bits per heavy atom. The van der Waals surface area contributed by atoms with Crippen molar-refractivity contribution >= 4 is 9.84 Å². The van der Waals surface area contributed by atoms with Gasteiger partial charge in [0.1, 0.15) is 11.5 Å². The Labute approximate surface area is 189 Å². The van der Waals surface area contributed by atoms with Crippen molar-refractivity contribution in [3.63, 3.8) is 0 Å². The van der Waals surface area contributed by atoms with Gasteiger partial charge in [-0.05, 0) is 72.2 Å². The van der Waals surface area contributed by atoms with Crippen LogP contribution in [0.2, 0.25) is 0 Å². The van der Waals surface area contributed by atoms with Crippen LogP contribution in [0, 0.1) is 12.7 Å². The molecule has 0 spiro atoms. The van der Waals surface area contributed by atoms with Crippen LogP contribution >= 0.6 is 0 Å². The van der Waals surface area contributed by atoms with E-state index in [1.807, 2.05) is 13.0 Å². The Balaban J connectivity index is 1.40. The van der Waals surface area contributed by atoms with E-state index in [1.165, 1.54) is 22.8 Å². The first-order valence-corrected chi connectivity index (χ1v) is 13.0. The lowest BCUT2D eigenvalue weighted by Crippen LogP contribution is -2.40. The maximum absolute atomic E-state index is 14.3. The number of hydrogen-bond acceptors (Lipinski definition) is 4. The summed E-state index contributed by atoms with van der Waals surface area (Å²) < 4.78 is 38.2. The van der Waals surface area contributed by atoms with Crippen molar-refractivity contribution in [2.75, 3.05) is 18.1 Å². The van der Waals surface area contributed by atoms with Crippen molar-refractivity contribution in [3.05, 3.63) is 88.4 Å². The Hall–Kier alpha value is -2.57. The van der Waals surface area contributed by atoms with Crippen LogP contribution in [0.4, 0.5) is 4.39 Å². The van der Waals surface area contributed by atoms with Gasteiger partial charge in [-0.2, -0.15) is 0 Å². The van der Waals surface area contributed by atoms with E-state index >= 15 is 0 Å². The van der Waals surface area contributed by atoms with Gasteiger partial charge in [-0.3, -0.25) is 9.88 Å². The summed E-state index contributed by atoms with van der Waals surface area (Å²) in [5.41, 5.74) is 7.31. The minimum atomic E-state index is -2.88. The third-order valence-corrected chi connectivity index (χ3v) is 8.58. The number of hydrogen-bond donors (Lipinski definition) is 0. The second-order valence-electron chi connectivity index (χ2n) is 8.99. The van der Waals surface area contributed by atoms with Crippen LogP contribution in [0.15, 0.2) is 54.7 Å². The lowest BCUT2D eigenvalue weighted by Gasteiger charge is -2.34. The number of sulfone groups is 1. The Bertz CT molecular complexity index is 1270. The number of nitrogens with zero attached hydrogens (tertiary/aromatic N) is 2. The summed E-state index contributed by atoms with van der Waals surface area (Å²) in [6.45, 7) is 3.68. The normalized spacial score (nSPS) is 20.2. The highest BCUT2D eigenvalue weighted by Crippen LogP contribution is 2.30.